The number of ether oxygens (including phenoxy) is 2. The molecule has 0 radical (unpaired) electrons. The molecule has 0 spiro atoms. The highest BCUT2D eigenvalue weighted by Crippen LogP contribution is 2.32. The normalized spacial score (nSPS) is 12.4. The molecule has 2 aromatic heterocycles. The van der Waals surface area contributed by atoms with E-state index in [2.05, 4.69) is 20.4 Å². The molecule has 2 aromatic carbocycles. The molecule has 1 N–H and O–H groups in total. The molecule has 0 bridgehead atoms. The number of pyridine rings is 1. The van der Waals surface area contributed by atoms with Gasteiger partial charge in [-0.05, 0) is 42.5 Å². The Bertz CT molecular complexity index is 1210. The number of amides is 1. The zero-order chi connectivity index (χ0) is 20.3. The highest BCUT2D eigenvalue weighted by Gasteiger charge is 2.18. The van der Waals surface area contributed by atoms with Crippen LogP contribution in [0, 0.1) is 0 Å². The van der Waals surface area contributed by atoms with Crippen molar-refractivity contribution in [3.63, 3.8) is 0 Å². The third kappa shape index (κ3) is 3.46. The summed E-state index contributed by atoms with van der Waals surface area (Å²) in [4.78, 5) is 21.3. The molecule has 0 fully saturated rings. The van der Waals surface area contributed by atoms with Crippen molar-refractivity contribution < 1.29 is 18.8 Å². The molecular formula is C22H16N4O4. The second kappa shape index (κ2) is 7.67. The number of rotatable bonds is 4. The number of nitrogens with one attached hydrogen (secondary N) is 1. The van der Waals surface area contributed by atoms with Crippen LogP contribution < -0.4 is 14.8 Å². The lowest BCUT2D eigenvalue weighted by Gasteiger charge is -2.18. The molecule has 5 rings (SSSR count). The minimum absolute atomic E-state index is 0.284. The number of aromatic nitrogens is 3. The molecule has 4 aromatic rings. The van der Waals surface area contributed by atoms with Gasteiger partial charge in [-0.2, -0.15) is 4.98 Å². The average molecular weight is 400 g/mol. The van der Waals surface area contributed by atoms with Crippen molar-refractivity contribution >= 4 is 11.6 Å². The minimum atomic E-state index is -0.284. The zero-order valence-corrected chi connectivity index (χ0v) is 15.7. The van der Waals surface area contributed by atoms with E-state index in [9.17, 15) is 4.79 Å². The molecule has 0 saturated heterocycles. The molecule has 148 valence electrons. The molecule has 3 heterocycles. The highest BCUT2D eigenvalue weighted by atomic mass is 16.6. The van der Waals surface area contributed by atoms with Crippen LogP contribution in [0.1, 0.15) is 10.4 Å². The van der Waals surface area contributed by atoms with Crippen molar-refractivity contribution in [3.8, 4) is 34.3 Å². The molecule has 0 atom stereocenters. The molecule has 8 nitrogen and oxygen atoms in total. The summed E-state index contributed by atoms with van der Waals surface area (Å²) in [7, 11) is 0. The Morgan fingerprint density at radius 1 is 0.933 bits per heavy atom. The summed E-state index contributed by atoms with van der Waals surface area (Å²) in [5.74, 6) is 1.65. The third-order valence-electron chi connectivity index (χ3n) is 4.57. The summed E-state index contributed by atoms with van der Waals surface area (Å²) >= 11 is 0. The lowest BCUT2D eigenvalue weighted by molar-refractivity contribution is 0.102. The molecule has 0 saturated carbocycles. The van der Waals surface area contributed by atoms with Gasteiger partial charge in [0.15, 0.2) is 11.5 Å². The number of hydrogen-bond acceptors (Lipinski definition) is 7. The summed E-state index contributed by atoms with van der Waals surface area (Å²) in [6, 6.07) is 15.9. The van der Waals surface area contributed by atoms with Gasteiger partial charge in [0, 0.05) is 23.5 Å². The Morgan fingerprint density at radius 2 is 1.73 bits per heavy atom. The summed E-state index contributed by atoms with van der Waals surface area (Å²) in [5.41, 5.74) is 2.42. The van der Waals surface area contributed by atoms with Crippen LogP contribution in [0.2, 0.25) is 0 Å². The van der Waals surface area contributed by atoms with Crippen LogP contribution >= 0.6 is 0 Å². The third-order valence-corrected chi connectivity index (χ3v) is 4.57. The van der Waals surface area contributed by atoms with Crippen molar-refractivity contribution in [1.29, 1.82) is 0 Å². The molecule has 30 heavy (non-hydrogen) atoms. The van der Waals surface area contributed by atoms with Crippen LogP contribution in [-0.4, -0.2) is 34.2 Å². The van der Waals surface area contributed by atoms with Gasteiger partial charge in [-0.3, -0.25) is 9.78 Å². The van der Waals surface area contributed by atoms with E-state index in [0.717, 1.165) is 5.56 Å². The van der Waals surface area contributed by atoms with Gasteiger partial charge in [0.05, 0.1) is 11.3 Å². The first kappa shape index (κ1) is 17.9. The second-order valence-corrected chi connectivity index (χ2v) is 6.52. The lowest BCUT2D eigenvalue weighted by atomic mass is 10.1. The molecular weight excluding hydrogens is 384 g/mol. The fourth-order valence-electron chi connectivity index (χ4n) is 3.11. The molecule has 1 amide bonds. The summed E-state index contributed by atoms with van der Waals surface area (Å²) in [5, 5.41) is 6.94. The standard InChI is InChI=1S/C22H16N4O4/c27-21(15-5-6-18-19(13-15)29-12-11-28-18)24-17-4-2-1-3-16(17)22-25-20(26-30-22)14-7-9-23-10-8-14/h1-10,13H,11-12H2,(H,24,27). The van der Waals surface area contributed by atoms with Crippen molar-refractivity contribution in [1.82, 2.24) is 15.1 Å². The Balaban J connectivity index is 1.42. The van der Waals surface area contributed by atoms with Gasteiger partial charge in [0.25, 0.3) is 11.8 Å². The lowest BCUT2D eigenvalue weighted by Crippen LogP contribution is -2.17. The van der Waals surface area contributed by atoms with Crippen LogP contribution in [0.3, 0.4) is 0 Å². The number of para-hydroxylation sites is 1. The van der Waals surface area contributed by atoms with E-state index >= 15 is 0 Å². The number of anilines is 1. The minimum Gasteiger partial charge on any atom is -0.486 e. The first-order valence-electron chi connectivity index (χ1n) is 9.32. The fourth-order valence-corrected chi connectivity index (χ4v) is 3.11. The summed E-state index contributed by atoms with van der Waals surface area (Å²) < 4.78 is 16.5. The van der Waals surface area contributed by atoms with Crippen LogP contribution in [0.4, 0.5) is 5.69 Å². The van der Waals surface area contributed by atoms with E-state index < -0.39 is 0 Å². The molecule has 1 aliphatic heterocycles. The topological polar surface area (TPSA) is 99.4 Å². The zero-order valence-electron chi connectivity index (χ0n) is 15.7. The van der Waals surface area contributed by atoms with Gasteiger partial charge in [0.1, 0.15) is 13.2 Å². The van der Waals surface area contributed by atoms with E-state index in [-0.39, 0.29) is 5.91 Å². The Morgan fingerprint density at radius 3 is 2.60 bits per heavy atom. The van der Waals surface area contributed by atoms with Gasteiger partial charge < -0.3 is 19.3 Å². The maximum absolute atomic E-state index is 12.8. The number of carbonyl (C=O) groups excluding carboxylic acids is 1. The predicted octanol–water partition coefficient (Wildman–Crippen LogP) is 3.82. The van der Waals surface area contributed by atoms with Gasteiger partial charge in [-0.15, -0.1) is 0 Å². The van der Waals surface area contributed by atoms with Crippen molar-refractivity contribution in [2.24, 2.45) is 0 Å². The maximum Gasteiger partial charge on any atom is 0.260 e. The maximum atomic E-state index is 12.8. The number of benzene rings is 2. The van der Waals surface area contributed by atoms with Gasteiger partial charge in [0.2, 0.25) is 5.82 Å². The number of nitrogens with zero attached hydrogens (tertiary/aromatic N) is 3. The van der Waals surface area contributed by atoms with Crippen molar-refractivity contribution in [2.45, 2.75) is 0 Å². The Kier molecular flexibility index (Phi) is 4.57. The monoisotopic (exact) mass is 400 g/mol. The van der Waals surface area contributed by atoms with Gasteiger partial charge in [-0.1, -0.05) is 17.3 Å². The Hall–Kier alpha value is -4.20. The first-order valence-corrected chi connectivity index (χ1v) is 9.32. The molecule has 0 unspecified atom stereocenters. The largest absolute Gasteiger partial charge is 0.486 e. The number of fused-ring (bicyclic) bond motifs is 1. The molecule has 8 heteroatoms. The van der Waals surface area contributed by atoms with E-state index in [1.807, 2.05) is 18.2 Å². The van der Waals surface area contributed by atoms with Gasteiger partial charge >= 0.3 is 0 Å². The van der Waals surface area contributed by atoms with Crippen LogP contribution in [-0.2, 0) is 0 Å². The smallest absolute Gasteiger partial charge is 0.260 e. The van der Waals surface area contributed by atoms with Gasteiger partial charge in [-0.25, -0.2) is 0 Å². The van der Waals surface area contributed by atoms with Crippen LogP contribution in [0.5, 0.6) is 11.5 Å². The molecule has 0 aliphatic carbocycles. The average Bonchev–Trinajstić information content (AvgIpc) is 3.30. The summed E-state index contributed by atoms with van der Waals surface area (Å²) in [6.45, 7) is 0.954. The predicted molar refractivity (Wildman–Crippen MR) is 108 cm³/mol. The van der Waals surface area contributed by atoms with E-state index in [4.69, 9.17) is 14.0 Å². The SMILES string of the molecule is O=C(Nc1ccccc1-c1nc(-c2ccncc2)no1)c1ccc2c(c1)OCCO2. The van der Waals surface area contributed by atoms with Crippen LogP contribution in [0.25, 0.3) is 22.8 Å². The molecule has 1 aliphatic rings. The van der Waals surface area contributed by atoms with Crippen molar-refractivity contribution in [3.05, 3.63) is 72.6 Å². The van der Waals surface area contributed by atoms with Crippen molar-refractivity contribution in [2.75, 3.05) is 18.5 Å². The first-order chi connectivity index (χ1) is 14.8. The number of carbonyl (C=O) groups is 1. The number of hydrogen-bond donors (Lipinski definition) is 1. The summed E-state index contributed by atoms with van der Waals surface area (Å²) in [6.07, 6.45) is 3.32. The Labute approximate surface area is 171 Å². The van der Waals surface area contributed by atoms with E-state index in [0.29, 0.717) is 53.2 Å². The van der Waals surface area contributed by atoms with E-state index in [1.54, 1.807) is 48.8 Å². The second-order valence-electron chi connectivity index (χ2n) is 6.52. The van der Waals surface area contributed by atoms with E-state index in [1.165, 1.54) is 0 Å². The highest BCUT2D eigenvalue weighted by molar-refractivity contribution is 6.06. The quantitative estimate of drug-likeness (QED) is 0.556. The van der Waals surface area contributed by atoms with Crippen LogP contribution in [0.15, 0.2) is 71.5 Å². The fraction of sp³-hybridized carbons (Fsp3) is 0.0909.